The molecule has 0 fully saturated rings. The van der Waals surface area contributed by atoms with Gasteiger partial charge in [0.1, 0.15) is 5.82 Å². The number of halogens is 2. The molecule has 0 atom stereocenters. The van der Waals surface area contributed by atoms with Crippen molar-refractivity contribution in [1.82, 2.24) is 0 Å². The molecule has 4 aromatic rings. The second kappa shape index (κ2) is 9.77. The van der Waals surface area contributed by atoms with E-state index in [1.54, 1.807) is 0 Å². The summed E-state index contributed by atoms with van der Waals surface area (Å²) in [5, 5.41) is 0.414. The summed E-state index contributed by atoms with van der Waals surface area (Å²) in [5.74, 6) is 0.702. The normalized spacial score (nSPS) is 14.2. The number of hydrogen-bond acceptors (Lipinski definition) is 1. The van der Waals surface area contributed by atoms with Gasteiger partial charge in [0.2, 0.25) is 0 Å². The fraction of sp³-hybridized carbons (Fsp3) is 0.324. The second-order valence-corrected chi connectivity index (χ2v) is 14.5. The van der Waals surface area contributed by atoms with Gasteiger partial charge in [0.05, 0.1) is 17.3 Å². The standard InChI is InChI=1S/C37H40ClFN/c1-35(2,3)23-10-15-27(16-11-23)40-32-18-12-24(36(4,5)6)20-29(32)34(28-17-14-26(39)22-31(28)38)30-21-25(37(7,8)9)13-19-33(30)40/h10-22H,1-9H3. The predicted octanol–water partition coefficient (Wildman–Crippen LogP) is 11.2. The molecule has 0 aromatic heterocycles. The molecule has 1 heterocycles. The van der Waals surface area contributed by atoms with Gasteiger partial charge in [-0.25, -0.2) is 4.39 Å². The van der Waals surface area contributed by atoms with E-state index >= 15 is 0 Å². The number of hydrogen-bond donors (Lipinski definition) is 0. The molecule has 0 aliphatic carbocycles. The first kappa shape index (κ1) is 28.4. The summed E-state index contributed by atoms with van der Waals surface area (Å²) in [4.78, 5) is 2.36. The highest BCUT2D eigenvalue weighted by molar-refractivity contribution is 6.31. The second-order valence-electron chi connectivity index (χ2n) is 14.1. The Kier molecular flexibility index (Phi) is 6.94. The molecule has 1 aliphatic rings. The Morgan fingerprint density at radius 1 is 0.525 bits per heavy atom. The van der Waals surface area contributed by atoms with E-state index in [0.29, 0.717) is 5.02 Å². The monoisotopic (exact) mass is 552 g/mol. The molecular formula is C37H40ClFN. The van der Waals surface area contributed by atoms with Gasteiger partial charge in [-0.3, -0.25) is 0 Å². The van der Waals surface area contributed by atoms with Crippen molar-refractivity contribution in [2.45, 2.75) is 78.6 Å². The van der Waals surface area contributed by atoms with Gasteiger partial charge in [0, 0.05) is 10.7 Å². The summed E-state index contributed by atoms with van der Waals surface area (Å²) in [6.45, 7) is 20.1. The fourth-order valence-electron chi connectivity index (χ4n) is 5.44. The zero-order chi connectivity index (χ0) is 29.2. The van der Waals surface area contributed by atoms with E-state index in [2.05, 4.69) is 128 Å². The van der Waals surface area contributed by atoms with Crippen molar-refractivity contribution in [3.63, 3.8) is 0 Å². The van der Waals surface area contributed by atoms with Gasteiger partial charge in [-0.15, -0.1) is 0 Å². The SMILES string of the molecule is CC(C)(C)c1ccc(N2c3ccc(C(C)(C)C)cc3[C](c3ccc(F)cc3Cl)c3cc(C(C)(C)C)ccc32)cc1. The maximum absolute atomic E-state index is 14.2. The third-order valence-corrected chi connectivity index (χ3v) is 8.25. The van der Waals surface area contributed by atoms with Crippen LogP contribution >= 0.6 is 11.6 Å². The summed E-state index contributed by atoms with van der Waals surface area (Å²) >= 11 is 6.79. The van der Waals surface area contributed by atoms with Gasteiger partial charge in [-0.05, 0) is 86.0 Å². The minimum atomic E-state index is -0.335. The molecule has 0 spiro atoms. The average Bonchev–Trinajstić information content (AvgIpc) is 2.85. The third-order valence-electron chi connectivity index (χ3n) is 7.94. The van der Waals surface area contributed by atoms with Crippen LogP contribution in [0.15, 0.2) is 78.9 Å². The van der Waals surface area contributed by atoms with Crippen LogP contribution < -0.4 is 4.90 Å². The Morgan fingerprint density at radius 2 is 0.975 bits per heavy atom. The van der Waals surface area contributed by atoms with Gasteiger partial charge >= 0.3 is 0 Å². The van der Waals surface area contributed by atoms with Crippen molar-refractivity contribution in [1.29, 1.82) is 0 Å². The number of benzene rings is 4. The molecule has 1 radical (unpaired) electrons. The molecule has 0 saturated heterocycles. The molecule has 4 aromatic carbocycles. The van der Waals surface area contributed by atoms with Gasteiger partial charge < -0.3 is 4.90 Å². The number of nitrogens with zero attached hydrogens (tertiary/aromatic N) is 1. The zero-order valence-corrected chi connectivity index (χ0v) is 26.0. The minimum Gasteiger partial charge on any atom is -0.310 e. The van der Waals surface area contributed by atoms with Crippen molar-refractivity contribution < 1.29 is 4.39 Å². The van der Waals surface area contributed by atoms with Crippen LogP contribution in [0.25, 0.3) is 0 Å². The van der Waals surface area contributed by atoms with E-state index in [-0.39, 0.29) is 22.1 Å². The van der Waals surface area contributed by atoms with Crippen molar-refractivity contribution in [3.8, 4) is 0 Å². The lowest BCUT2D eigenvalue weighted by Crippen LogP contribution is -2.25. The van der Waals surface area contributed by atoms with E-state index in [4.69, 9.17) is 11.6 Å². The van der Waals surface area contributed by atoms with Crippen LogP contribution in [-0.4, -0.2) is 0 Å². The lowest BCUT2D eigenvalue weighted by Gasteiger charge is -2.39. The summed E-state index contributed by atoms with van der Waals surface area (Å²) in [6, 6.07) is 27.2. The molecule has 207 valence electrons. The Labute approximate surface area is 245 Å². The first-order chi connectivity index (χ1) is 18.6. The van der Waals surface area contributed by atoms with Crippen LogP contribution in [0, 0.1) is 11.7 Å². The molecule has 1 aliphatic heterocycles. The largest absolute Gasteiger partial charge is 0.310 e. The number of rotatable bonds is 2. The Morgan fingerprint density at radius 3 is 1.40 bits per heavy atom. The summed E-state index contributed by atoms with van der Waals surface area (Å²) in [7, 11) is 0. The zero-order valence-electron chi connectivity index (χ0n) is 25.2. The molecule has 40 heavy (non-hydrogen) atoms. The Hall–Kier alpha value is -3.10. The molecule has 0 N–H and O–H groups in total. The Balaban J connectivity index is 1.84. The maximum Gasteiger partial charge on any atom is 0.124 e. The molecule has 0 amide bonds. The van der Waals surface area contributed by atoms with Crippen LogP contribution in [0.5, 0.6) is 0 Å². The molecular weight excluding hydrogens is 513 g/mol. The quantitative estimate of drug-likeness (QED) is 0.210. The van der Waals surface area contributed by atoms with Crippen molar-refractivity contribution >= 4 is 28.7 Å². The topological polar surface area (TPSA) is 3.24 Å². The number of anilines is 3. The van der Waals surface area contributed by atoms with E-state index < -0.39 is 0 Å². The van der Waals surface area contributed by atoms with Crippen molar-refractivity contribution in [3.05, 3.63) is 129 Å². The van der Waals surface area contributed by atoms with Gasteiger partial charge in [-0.2, -0.15) is 0 Å². The van der Waals surface area contributed by atoms with Crippen LogP contribution in [0.1, 0.15) is 95.7 Å². The van der Waals surface area contributed by atoms with Crippen molar-refractivity contribution in [2.75, 3.05) is 4.90 Å². The predicted molar refractivity (Wildman–Crippen MR) is 169 cm³/mol. The average molecular weight is 553 g/mol. The molecule has 0 saturated carbocycles. The highest BCUT2D eigenvalue weighted by atomic mass is 35.5. The van der Waals surface area contributed by atoms with E-state index in [1.807, 2.05) is 6.07 Å². The molecule has 3 heteroatoms. The lowest BCUT2D eigenvalue weighted by molar-refractivity contribution is 0.589. The maximum atomic E-state index is 14.2. The summed E-state index contributed by atoms with van der Waals surface area (Å²) in [6.07, 6.45) is 0. The smallest absolute Gasteiger partial charge is 0.124 e. The molecule has 0 bridgehead atoms. The third kappa shape index (κ3) is 5.19. The van der Waals surface area contributed by atoms with E-state index in [1.165, 1.54) is 28.8 Å². The molecule has 5 rings (SSSR count). The molecule has 1 nitrogen and oxygen atoms in total. The van der Waals surface area contributed by atoms with Crippen LogP contribution in [0.4, 0.5) is 21.5 Å². The van der Waals surface area contributed by atoms with Crippen LogP contribution in [0.2, 0.25) is 5.02 Å². The fourth-order valence-corrected chi connectivity index (χ4v) is 5.70. The van der Waals surface area contributed by atoms with Gasteiger partial charge in [0.15, 0.2) is 0 Å². The van der Waals surface area contributed by atoms with Crippen molar-refractivity contribution in [2.24, 2.45) is 0 Å². The van der Waals surface area contributed by atoms with E-state index in [0.717, 1.165) is 39.7 Å². The lowest BCUT2D eigenvalue weighted by atomic mass is 9.75. The first-order valence-electron chi connectivity index (χ1n) is 14.1. The molecule has 0 unspecified atom stereocenters. The highest BCUT2D eigenvalue weighted by Crippen LogP contribution is 2.53. The Bertz CT molecular complexity index is 1500. The van der Waals surface area contributed by atoms with Crippen LogP contribution in [-0.2, 0) is 16.2 Å². The minimum absolute atomic E-state index is 0.0422. The van der Waals surface area contributed by atoms with Gasteiger partial charge in [-0.1, -0.05) is 116 Å². The highest BCUT2D eigenvalue weighted by Gasteiger charge is 2.36. The van der Waals surface area contributed by atoms with E-state index in [9.17, 15) is 4.39 Å². The van der Waals surface area contributed by atoms with Gasteiger partial charge in [0.25, 0.3) is 0 Å². The first-order valence-corrected chi connectivity index (χ1v) is 14.5. The number of fused-ring (bicyclic) bond motifs is 2. The van der Waals surface area contributed by atoms with Crippen LogP contribution in [0.3, 0.4) is 0 Å². The summed E-state index contributed by atoms with van der Waals surface area (Å²) < 4.78 is 14.2. The summed E-state index contributed by atoms with van der Waals surface area (Å²) in [5.41, 5.74) is 10.1.